The first-order valence-corrected chi connectivity index (χ1v) is 9.58. The summed E-state index contributed by atoms with van der Waals surface area (Å²) in [7, 11) is 3.08. The lowest BCUT2D eigenvalue weighted by Crippen LogP contribution is -2.32. The second-order valence-corrected chi connectivity index (χ2v) is 7.04. The van der Waals surface area contributed by atoms with E-state index in [2.05, 4.69) is 10.6 Å². The summed E-state index contributed by atoms with van der Waals surface area (Å²) in [6.07, 6.45) is 0.123. The third kappa shape index (κ3) is 4.89. The quantitative estimate of drug-likeness (QED) is 0.729. The summed E-state index contributed by atoms with van der Waals surface area (Å²) in [4.78, 5) is 38.0. The number of benzene rings is 2. The molecule has 2 N–H and O–H groups in total. The second-order valence-electron chi connectivity index (χ2n) is 7.04. The average molecular weight is 411 g/mol. The highest BCUT2D eigenvalue weighted by Crippen LogP contribution is 2.36. The summed E-state index contributed by atoms with van der Waals surface area (Å²) in [5.41, 5.74) is 2.10. The van der Waals surface area contributed by atoms with Crippen molar-refractivity contribution in [1.82, 2.24) is 5.32 Å². The number of amides is 3. The molecule has 158 valence electrons. The van der Waals surface area contributed by atoms with Gasteiger partial charge in [0.1, 0.15) is 11.5 Å². The standard InChI is InChI=1S/C22H25N3O5/c1-14(26)24-17-6-4-5-15(9-17)12-23-22(28)16-10-21(27)25(13-16)19-11-18(29-2)7-8-20(19)30-3/h4-9,11,16H,10,12-13H2,1-3H3,(H,23,28)(H,24,26). The molecular formula is C22H25N3O5. The van der Waals surface area contributed by atoms with E-state index in [1.54, 1.807) is 42.3 Å². The number of carbonyl (C=O) groups excluding carboxylic acids is 3. The fourth-order valence-corrected chi connectivity index (χ4v) is 3.42. The highest BCUT2D eigenvalue weighted by Gasteiger charge is 2.36. The SMILES string of the molecule is COc1ccc(OC)c(N2CC(C(=O)NCc3cccc(NC(C)=O)c3)CC2=O)c1. The molecule has 3 amide bonds. The van der Waals surface area contributed by atoms with Crippen LogP contribution in [0.25, 0.3) is 0 Å². The van der Waals surface area contributed by atoms with Crippen LogP contribution in [0.15, 0.2) is 42.5 Å². The third-order valence-corrected chi connectivity index (χ3v) is 4.89. The van der Waals surface area contributed by atoms with Crippen molar-refractivity contribution in [3.8, 4) is 11.5 Å². The molecule has 0 spiro atoms. The second kappa shape index (κ2) is 9.30. The van der Waals surface area contributed by atoms with Gasteiger partial charge in [-0.3, -0.25) is 14.4 Å². The van der Waals surface area contributed by atoms with Gasteiger partial charge in [-0.1, -0.05) is 12.1 Å². The van der Waals surface area contributed by atoms with Crippen molar-refractivity contribution in [1.29, 1.82) is 0 Å². The molecule has 1 aliphatic rings. The van der Waals surface area contributed by atoms with Gasteiger partial charge < -0.3 is 25.0 Å². The number of rotatable bonds is 7. The number of anilines is 2. The number of carbonyl (C=O) groups is 3. The number of nitrogens with one attached hydrogen (secondary N) is 2. The van der Waals surface area contributed by atoms with Crippen molar-refractivity contribution in [3.63, 3.8) is 0 Å². The molecule has 8 nitrogen and oxygen atoms in total. The molecule has 1 fully saturated rings. The van der Waals surface area contributed by atoms with Crippen LogP contribution in [0.4, 0.5) is 11.4 Å². The van der Waals surface area contributed by atoms with E-state index in [0.717, 1.165) is 5.56 Å². The zero-order valence-electron chi connectivity index (χ0n) is 17.2. The summed E-state index contributed by atoms with van der Waals surface area (Å²) in [6, 6.07) is 12.5. The van der Waals surface area contributed by atoms with Crippen LogP contribution >= 0.6 is 0 Å². The van der Waals surface area contributed by atoms with Gasteiger partial charge in [0.25, 0.3) is 0 Å². The zero-order chi connectivity index (χ0) is 21.7. The fraction of sp³-hybridized carbons (Fsp3) is 0.318. The average Bonchev–Trinajstić information content (AvgIpc) is 3.13. The molecule has 8 heteroatoms. The molecule has 2 aromatic carbocycles. The van der Waals surface area contributed by atoms with Gasteiger partial charge >= 0.3 is 0 Å². The van der Waals surface area contributed by atoms with Crippen molar-refractivity contribution in [2.24, 2.45) is 5.92 Å². The van der Waals surface area contributed by atoms with Crippen LogP contribution in [0.3, 0.4) is 0 Å². The molecule has 1 aliphatic heterocycles. The molecule has 0 aliphatic carbocycles. The Kier molecular flexibility index (Phi) is 6.56. The molecule has 1 atom stereocenters. The summed E-state index contributed by atoms with van der Waals surface area (Å²) in [5, 5.41) is 5.59. The van der Waals surface area contributed by atoms with Crippen LogP contribution in [0.2, 0.25) is 0 Å². The van der Waals surface area contributed by atoms with Gasteiger partial charge in [-0.25, -0.2) is 0 Å². The first-order valence-electron chi connectivity index (χ1n) is 9.58. The summed E-state index contributed by atoms with van der Waals surface area (Å²) >= 11 is 0. The lowest BCUT2D eigenvalue weighted by atomic mass is 10.1. The molecule has 0 radical (unpaired) electrons. The highest BCUT2D eigenvalue weighted by molar-refractivity contribution is 6.01. The van der Waals surface area contributed by atoms with Gasteiger partial charge in [-0.05, 0) is 29.8 Å². The van der Waals surface area contributed by atoms with E-state index in [-0.39, 0.29) is 30.7 Å². The van der Waals surface area contributed by atoms with Crippen molar-refractivity contribution in [2.45, 2.75) is 19.9 Å². The number of methoxy groups -OCH3 is 2. The minimum Gasteiger partial charge on any atom is -0.497 e. The number of nitrogens with zero attached hydrogens (tertiary/aromatic N) is 1. The molecule has 1 saturated heterocycles. The van der Waals surface area contributed by atoms with Gasteiger partial charge in [-0.15, -0.1) is 0 Å². The first-order chi connectivity index (χ1) is 14.4. The molecule has 1 heterocycles. The fourth-order valence-electron chi connectivity index (χ4n) is 3.42. The Morgan fingerprint density at radius 1 is 1.13 bits per heavy atom. The molecular weight excluding hydrogens is 386 g/mol. The van der Waals surface area contributed by atoms with E-state index in [1.165, 1.54) is 14.0 Å². The normalized spacial score (nSPS) is 15.6. The molecule has 0 aromatic heterocycles. The minimum atomic E-state index is -0.466. The molecule has 1 unspecified atom stereocenters. The number of hydrogen-bond acceptors (Lipinski definition) is 5. The van der Waals surface area contributed by atoms with E-state index < -0.39 is 5.92 Å². The Morgan fingerprint density at radius 2 is 1.93 bits per heavy atom. The molecule has 0 bridgehead atoms. The third-order valence-electron chi connectivity index (χ3n) is 4.89. The lowest BCUT2D eigenvalue weighted by Gasteiger charge is -2.20. The Balaban J connectivity index is 1.65. The summed E-state index contributed by atoms with van der Waals surface area (Å²) < 4.78 is 10.6. The minimum absolute atomic E-state index is 0.123. The Morgan fingerprint density at radius 3 is 2.63 bits per heavy atom. The number of ether oxygens (including phenoxy) is 2. The Bertz CT molecular complexity index is 960. The van der Waals surface area contributed by atoms with E-state index in [4.69, 9.17) is 9.47 Å². The van der Waals surface area contributed by atoms with Gasteiger partial charge in [0, 0.05) is 38.2 Å². The largest absolute Gasteiger partial charge is 0.497 e. The molecule has 2 aromatic rings. The van der Waals surface area contributed by atoms with Crippen LogP contribution in [-0.4, -0.2) is 38.5 Å². The molecule has 30 heavy (non-hydrogen) atoms. The predicted molar refractivity (Wildman–Crippen MR) is 113 cm³/mol. The van der Waals surface area contributed by atoms with Gasteiger partial charge in [0.05, 0.1) is 25.8 Å². The topological polar surface area (TPSA) is 97.0 Å². The first kappa shape index (κ1) is 21.2. The maximum Gasteiger partial charge on any atom is 0.227 e. The van der Waals surface area contributed by atoms with Crippen LogP contribution in [0.5, 0.6) is 11.5 Å². The van der Waals surface area contributed by atoms with Crippen LogP contribution in [0.1, 0.15) is 18.9 Å². The summed E-state index contributed by atoms with van der Waals surface area (Å²) in [6.45, 7) is 2.01. The van der Waals surface area contributed by atoms with Gasteiger partial charge in [0.2, 0.25) is 17.7 Å². The van der Waals surface area contributed by atoms with Crippen LogP contribution < -0.4 is 25.0 Å². The number of hydrogen-bond donors (Lipinski definition) is 2. The van der Waals surface area contributed by atoms with Gasteiger partial charge in [-0.2, -0.15) is 0 Å². The lowest BCUT2D eigenvalue weighted by molar-refractivity contribution is -0.126. The zero-order valence-corrected chi connectivity index (χ0v) is 17.2. The maximum atomic E-state index is 12.7. The molecule has 0 saturated carbocycles. The smallest absolute Gasteiger partial charge is 0.227 e. The van der Waals surface area contributed by atoms with E-state index >= 15 is 0 Å². The van der Waals surface area contributed by atoms with Crippen LogP contribution in [0, 0.1) is 5.92 Å². The van der Waals surface area contributed by atoms with Crippen LogP contribution in [-0.2, 0) is 20.9 Å². The van der Waals surface area contributed by atoms with Crippen molar-refractivity contribution < 1.29 is 23.9 Å². The van der Waals surface area contributed by atoms with Crippen molar-refractivity contribution >= 4 is 29.1 Å². The molecule has 3 rings (SSSR count). The monoisotopic (exact) mass is 411 g/mol. The Hall–Kier alpha value is -3.55. The highest BCUT2D eigenvalue weighted by atomic mass is 16.5. The summed E-state index contributed by atoms with van der Waals surface area (Å²) in [5.74, 6) is 0.179. The van der Waals surface area contributed by atoms with E-state index in [9.17, 15) is 14.4 Å². The van der Waals surface area contributed by atoms with Crippen molar-refractivity contribution in [2.75, 3.05) is 31.0 Å². The van der Waals surface area contributed by atoms with E-state index in [1.807, 2.05) is 12.1 Å². The van der Waals surface area contributed by atoms with Gasteiger partial charge in [0.15, 0.2) is 0 Å². The van der Waals surface area contributed by atoms with E-state index in [0.29, 0.717) is 29.4 Å². The predicted octanol–water partition coefficient (Wildman–Crippen LogP) is 2.33. The Labute approximate surface area is 175 Å². The van der Waals surface area contributed by atoms with Crippen molar-refractivity contribution in [3.05, 3.63) is 48.0 Å². The maximum absolute atomic E-state index is 12.7.